The molecule has 0 aliphatic carbocycles. The van der Waals surface area contributed by atoms with Gasteiger partial charge in [-0.15, -0.1) is 0 Å². The highest BCUT2D eigenvalue weighted by Crippen LogP contribution is 2.32. The Morgan fingerprint density at radius 1 is 0.941 bits per heavy atom. The highest BCUT2D eigenvalue weighted by atomic mass is 16.7. The van der Waals surface area contributed by atoms with Crippen LogP contribution < -0.4 is 14.8 Å². The first kappa shape index (κ1) is 22.3. The van der Waals surface area contributed by atoms with Crippen molar-refractivity contribution in [2.24, 2.45) is 5.92 Å². The first-order valence-corrected chi connectivity index (χ1v) is 11.5. The second-order valence-electron chi connectivity index (χ2n) is 8.56. The fourth-order valence-electron chi connectivity index (χ4n) is 4.62. The van der Waals surface area contributed by atoms with Crippen molar-refractivity contribution in [1.82, 2.24) is 15.1 Å². The van der Waals surface area contributed by atoms with Crippen LogP contribution in [0.15, 0.2) is 41.0 Å². The van der Waals surface area contributed by atoms with Crippen LogP contribution in [-0.4, -0.2) is 79.7 Å². The number of hydrogen-bond acceptors (Lipinski definition) is 7. The standard InChI is InChI=1S/C24H27N3O7/c28-22(17-3-4-18-20(14-17)34-15-33-18)25-21(24(30)27-9-12-31-13-10-27)16-5-7-26(8-6-16)23(29)19-2-1-11-32-19/h1-4,11,14,16,21H,5-10,12-13,15H2,(H,25,28). The van der Waals surface area contributed by atoms with Crippen LogP contribution in [0.3, 0.4) is 0 Å². The molecule has 0 bridgehead atoms. The third-order valence-corrected chi connectivity index (χ3v) is 6.54. The van der Waals surface area contributed by atoms with Gasteiger partial charge >= 0.3 is 0 Å². The molecular weight excluding hydrogens is 442 g/mol. The van der Waals surface area contributed by atoms with Crippen LogP contribution in [0, 0.1) is 5.92 Å². The summed E-state index contributed by atoms with van der Waals surface area (Å²) in [6.07, 6.45) is 2.66. The number of carbonyl (C=O) groups excluding carboxylic acids is 3. The zero-order chi connectivity index (χ0) is 23.5. The van der Waals surface area contributed by atoms with E-state index in [4.69, 9.17) is 18.6 Å². The highest BCUT2D eigenvalue weighted by Gasteiger charge is 2.37. The van der Waals surface area contributed by atoms with Gasteiger partial charge in [-0.1, -0.05) is 0 Å². The molecule has 1 aromatic carbocycles. The van der Waals surface area contributed by atoms with Gasteiger partial charge in [0.15, 0.2) is 17.3 Å². The average Bonchev–Trinajstić information content (AvgIpc) is 3.59. The molecule has 0 spiro atoms. The summed E-state index contributed by atoms with van der Waals surface area (Å²) < 4.78 is 21.3. The summed E-state index contributed by atoms with van der Waals surface area (Å²) in [5, 5.41) is 2.97. The lowest BCUT2D eigenvalue weighted by Gasteiger charge is -2.38. The SMILES string of the molecule is O=C(NC(C(=O)N1CCOCC1)C1CCN(C(=O)c2ccco2)CC1)c1ccc2c(c1)OCO2. The van der Waals surface area contributed by atoms with E-state index in [-0.39, 0.29) is 30.4 Å². The number of benzene rings is 1. The predicted octanol–water partition coefficient (Wildman–Crippen LogP) is 1.52. The zero-order valence-corrected chi connectivity index (χ0v) is 18.7. The Kier molecular flexibility index (Phi) is 6.39. The smallest absolute Gasteiger partial charge is 0.289 e. The van der Waals surface area contributed by atoms with E-state index >= 15 is 0 Å². The molecule has 0 saturated carbocycles. The molecule has 2 saturated heterocycles. The van der Waals surface area contributed by atoms with E-state index in [1.54, 1.807) is 40.1 Å². The van der Waals surface area contributed by atoms with Gasteiger partial charge in [0.2, 0.25) is 12.7 Å². The molecule has 2 aromatic rings. The molecule has 2 fully saturated rings. The number of nitrogens with one attached hydrogen (secondary N) is 1. The van der Waals surface area contributed by atoms with E-state index in [0.717, 1.165) is 0 Å². The number of carbonyl (C=O) groups is 3. The van der Waals surface area contributed by atoms with E-state index in [9.17, 15) is 14.4 Å². The molecule has 5 rings (SSSR count). The first-order valence-electron chi connectivity index (χ1n) is 11.5. The van der Waals surface area contributed by atoms with Crippen LogP contribution in [-0.2, 0) is 9.53 Å². The lowest BCUT2D eigenvalue weighted by atomic mass is 9.88. The number of furan rings is 1. The number of morpholine rings is 1. The van der Waals surface area contributed by atoms with Crippen molar-refractivity contribution >= 4 is 17.7 Å². The van der Waals surface area contributed by atoms with Gasteiger partial charge in [0, 0.05) is 31.7 Å². The minimum atomic E-state index is -0.697. The molecule has 3 amide bonds. The summed E-state index contributed by atoms with van der Waals surface area (Å²) in [4.78, 5) is 42.7. The number of likely N-dealkylation sites (tertiary alicyclic amines) is 1. The second kappa shape index (κ2) is 9.76. The maximum atomic E-state index is 13.5. The Labute approximate surface area is 196 Å². The van der Waals surface area contributed by atoms with Crippen molar-refractivity contribution in [3.05, 3.63) is 47.9 Å². The minimum absolute atomic E-state index is 0.103. The molecule has 1 aromatic heterocycles. The van der Waals surface area contributed by atoms with E-state index in [1.165, 1.54) is 6.26 Å². The average molecular weight is 469 g/mol. The van der Waals surface area contributed by atoms with Gasteiger partial charge in [-0.2, -0.15) is 0 Å². The molecule has 1 atom stereocenters. The van der Waals surface area contributed by atoms with Gasteiger partial charge in [0.05, 0.1) is 19.5 Å². The quantitative estimate of drug-likeness (QED) is 0.707. The number of amides is 3. The molecule has 10 heteroatoms. The third kappa shape index (κ3) is 4.58. The second-order valence-corrected chi connectivity index (χ2v) is 8.56. The Morgan fingerprint density at radius 2 is 1.71 bits per heavy atom. The van der Waals surface area contributed by atoms with Crippen molar-refractivity contribution in [2.45, 2.75) is 18.9 Å². The zero-order valence-electron chi connectivity index (χ0n) is 18.7. The van der Waals surface area contributed by atoms with Crippen LogP contribution >= 0.6 is 0 Å². The van der Waals surface area contributed by atoms with Crippen LogP contribution in [0.2, 0.25) is 0 Å². The molecule has 10 nitrogen and oxygen atoms in total. The van der Waals surface area contributed by atoms with Crippen LogP contribution in [0.25, 0.3) is 0 Å². The first-order chi connectivity index (χ1) is 16.6. The molecule has 4 heterocycles. The van der Waals surface area contributed by atoms with Gasteiger partial charge in [0.1, 0.15) is 6.04 Å². The Balaban J connectivity index is 1.30. The topological polar surface area (TPSA) is 111 Å². The summed E-state index contributed by atoms with van der Waals surface area (Å²) >= 11 is 0. The summed E-state index contributed by atoms with van der Waals surface area (Å²) in [6.45, 7) is 3.02. The summed E-state index contributed by atoms with van der Waals surface area (Å²) in [5.74, 6) is 0.667. The molecule has 180 valence electrons. The van der Waals surface area contributed by atoms with E-state index in [0.29, 0.717) is 75.1 Å². The number of rotatable bonds is 5. The van der Waals surface area contributed by atoms with Gasteiger partial charge in [-0.05, 0) is 49.1 Å². The minimum Gasteiger partial charge on any atom is -0.459 e. The molecule has 1 N–H and O–H groups in total. The summed E-state index contributed by atoms with van der Waals surface area (Å²) in [6, 6.07) is 7.60. The molecular formula is C24H27N3O7. The van der Waals surface area contributed by atoms with E-state index in [2.05, 4.69) is 5.32 Å². The Bertz CT molecular complexity index is 1040. The van der Waals surface area contributed by atoms with E-state index < -0.39 is 6.04 Å². The largest absolute Gasteiger partial charge is 0.459 e. The molecule has 1 unspecified atom stereocenters. The Hall–Kier alpha value is -3.53. The van der Waals surface area contributed by atoms with Crippen molar-refractivity contribution < 1.29 is 33.0 Å². The number of piperidine rings is 1. The van der Waals surface area contributed by atoms with Gasteiger partial charge < -0.3 is 33.7 Å². The normalized spacial score (nSPS) is 19.1. The lowest BCUT2D eigenvalue weighted by molar-refractivity contribution is -0.139. The fraction of sp³-hybridized carbons (Fsp3) is 0.458. The number of nitrogens with zero attached hydrogens (tertiary/aromatic N) is 2. The number of ether oxygens (including phenoxy) is 3. The van der Waals surface area contributed by atoms with Crippen LogP contribution in [0.1, 0.15) is 33.8 Å². The lowest BCUT2D eigenvalue weighted by Crippen LogP contribution is -2.56. The summed E-state index contributed by atoms with van der Waals surface area (Å²) in [7, 11) is 0. The molecule has 0 radical (unpaired) electrons. The Morgan fingerprint density at radius 3 is 2.44 bits per heavy atom. The van der Waals surface area contributed by atoms with Crippen molar-refractivity contribution in [1.29, 1.82) is 0 Å². The van der Waals surface area contributed by atoms with Gasteiger partial charge in [0.25, 0.3) is 11.8 Å². The maximum absolute atomic E-state index is 13.5. The van der Waals surface area contributed by atoms with Crippen molar-refractivity contribution in [3.8, 4) is 11.5 Å². The predicted molar refractivity (Wildman–Crippen MR) is 119 cm³/mol. The van der Waals surface area contributed by atoms with Crippen LogP contribution in [0.4, 0.5) is 0 Å². The van der Waals surface area contributed by atoms with Crippen molar-refractivity contribution in [3.63, 3.8) is 0 Å². The number of fused-ring (bicyclic) bond motifs is 1. The third-order valence-electron chi connectivity index (χ3n) is 6.54. The molecule has 3 aliphatic rings. The summed E-state index contributed by atoms with van der Waals surface area (Å²) in [5.41, 5.74) is 0.398. The van der Waals surface area contributed by atoms with Gasteiger partial charge in [-0.3, -0.25) is 14.4 Å². The number of hydrogen-bond donors (Lipinski definition) is 1. The molecule has 34 heavy (non-hydrogen) atoms. The fourth-order valence-corrected chi connectivity index (χ4v) is 4.62. The van der Waals surface area contributed by atoms with Crippen LogP contribution in [0.5, 0.6) is 11.5 Å². The molecule has 3 aliphatic heterocycles. The van der Waals surface area contributed by atoms with Crippen molar-refractivity contribution in [2.75, 3.05) is 46.2 Å². The van der Waals surface area contributed by atoms with Gasteiger partial charge in [-0.25, -0.2) is 0 Å². The monoisotopic (exact) mass is 469 g/mol. The van der Waals surface area contributed by atoms with E-state index in [1.807, 2.05) is 0 Å². The highest BCUT2D eigenvalue weighted by molar-refractivity contribution is 5.98. The maximum Gasteiger partial charge on any atom is 0.289 e.